The summed E-state index contributed by atoms with van der Waals surface area (Å²) in [5.41, 5.74) is 8.17. The fraction of sp³-hybridized carbons (Fsp3) is 0.217. The summed E-state index contributed by atoms with van der Waals surface area (Å²) >= 11 is 0. The first-order valence-corrected chi connectivity index (χ1v) is 10.3. The number of hydrogen-bond acceptors (Lipinski definition) is 6. The lowest BCUT2D eigenvalue weighted by atomic mass is 10.1. The predicted octanol–water partition coefficient (Wildman–Crippen LogP) is 3.19. The minimum Gasteiger partial charge on any atom is -0.508 e. The number of pyridine rings is 1. The van der Waals surface area contributed by atoms with Gasteiger partial charge in [-0.3, -0.25) is 9.13 Å². The number of nitrogens with one attached hydrogen (secondary N) is 1. The number of nitrogen functional groups attached to an aromatic ring is 1. The fourth-order valence-electron chi connectivity index (χ4n) is 4.15. The Morgan fingerprint density at radius 3 is 2.45 bits per heavy atom. The van der Waals surface area contributed by atoms with Crippen LogP contribution in [0.1, 0.15) is 18.9 Å². The number of aromatic nitrogens is 3. The van der Waals surface area contributed by atoms with Gasteiger partial charge in [0.2, 0.25) is 0 Å². The molecule has 8 nitrogen and oxygen atoms in total. The molecule has 0 amide bonds. The molecule has 158 valence electrons. The number of phenolic OH excluding ortho intramolecular Hbond substituents is 1. The summed E-state index contributed by atoms with van der Waals surface area (Å²) in [7, 11) is 0. The van der Waals surface area contributed by atoms with E-state index in [4.69, 9.17) is 10.5 Å². The monoisotopic (exact) mass is 417 g/mol. The number of phenols is 1. The standard InChI is InChI=1S/C23H23N5O3/c24-22-21-20(11-13-26-22)27(16-2-1-12-25-14-16)23(30)28(21)15-3-7-18(8-4-15)31-19-9-5-17(29)6-10-19/h3-11,13,16,25,29H,1-2,12,14H2,(H2,24,26)/t16-/m1/s1. The van der Waals surface area contributed by atoms with Gasteiger partial charge in [-0.05, 0) is 74.0 Å². The van der Waals surface area contributed by atoms with E-state index in [2.05, 4.69) is 10.3 Å². The first kappa shape index (κ1) is 19.2. The van der Waals surface area contributed by atoms with Crippen LogP contribution >= 0.6 is 0 Å². The highest BCUT2D eigenvalue weighted by atomic mass is 16.5. The lowest BCUT2D eigenvalue weighted by Crippen LogP contribution is -2.36. The number of nitrogens with zero attached hydrogens (tertiary/aromatic N) is 3. The smallest absolute Gasteiger partial charge is 0.334 e. The number of ether oxygens (including phenoxy) is 1. The molecule has 0 saturated carbocycles. The maximum Gasteiger partial charge on any atom is 0.334 e. The van der Waals surface area contributed by atoms with E-state index in [0.29, 0.717) is 28.5 Å². The average Bonchev–Trinajstić information content (AvgIpc) is 3.09. The van der Waals surface area contributed by atoms with Gasteiger partial charge in [0, 0.05) is 12.7 Å². The van der Waals surface area contributed by atoms with Crippen LogP contribution in [-0.2, 0) is 0 Å². The van der Waals surface area contributed by atoms with Crippen molar-refractivity contribution in [3.05, 3.63) is 71.3 Å². The van der Waals surface area contributed by atoms with Gasteiger partial charge in [0.1, 0.15) is 28.6 Å². The van der Waals surface area contributed by atoms with E-state index in [1.807, 2.05) is 22.8 Å². The molecule has 0 unspecified atom stereocenters. The van der Waals surface area contributed by atoms with Gasteiger partial charge in [0.05, 0.1) is 17.2 Å². The first-order chi connectivity index (χ1) is 15.1. The molecule has 0 bridgehead atoms. The summed E-state index contributed by atoms with van der Waals surface area (Å²) in [6, 6.07) is 15.7. The molecule has 3 heterocycles. The Hall–Kier alpha value is -3.78. The van der Waals surface area contributed by atoms with Gasteiger partial charge in [-0.1, -0.05) is 0 Å². The molecule has 5 rings (SSSR count). The Labute approximate surface area is 178 Å². The molecule has 1 fully saturated rings. The van der Waals surface area contributed by atoms with Crippen molar-refractivity contribution >= 4 is 16.9 Å². The Kier molecular flexibility index (Phi) is 4.83. The van der Waals surface area contributed by atoms with Crippen LogP contribution in [0.25, 0.3) is 16.7 Å². The zero-order chi connectivity index (χ0) is 21.4. The Morgan fingerprint density at radius 2 is 1.77 bits per heavy atom. The van der Waals surface area contributed by atoms with Crippen LogP contribution < -0.4 is 21.5 Å². The average molecular weight is 417 g/mol. The molecule has 0 radical (unpaired) electrons. The Balaban J connectivity index is 1.56. The SMILES string of the molecule is Nc1nccc2c1n(-c1ccc(Oc3ccc(O)cc3)cc1)c(=O)n2[C@@H]1CCCNC1. The minimum absolute atomic E-state index is 0.0731. The van der Waals surface area contributed by atoms with Crippen molar-refractivity contribution in [1.82, 2.24) is 19.4 Å². The van der Waals surface area contributed by atoms with Crippen LogP contribution in [0.5, 0.6) is 17.2 Å². The lowest BCUT2D eigenvalue weighted by Gasteiger charge is -2.23. The molecule has 8 heteroatoms. The van der Waals surface area contributed by atoms with E-state index >= 15 is 0 Å². The zero-order valence-corrected chi connectivity index (χ0v) is 16.9. The highest BCUT2D eigenvalue weighted by Crippen LogP contribution is 2.28. The number of hydrogen-bond donors (Lipinski definition) is 3. The van der Waals surface area contributed by atoms with E-state index in [1.165, 1.54) is 0 Å². The molecule has 2 aromatic heterocycles. The molecule has 0 aliphatic carbocycles. The van der Waals surface area contributed by atoms with Crippen LogP contribution in [0.2, 0.25) is 0 Å². The third kappa shape index (κ3) is 3.51. The van der Waals surface area contributed by atoms with Crippen molar-refractivity contribution in [2.45, 2.75) is 18.9 Å². The number of benzene rings is 2. The van der Waals surface area contributed by atoms with Gasteiger partial charge in [-0.25, -0.2) is 9.78 Å². The zero-order valence-electron chi connectivity index (χ0n) is 16.9. The summed E-state index contributed by atoms with van der Waals surface area (Å²) in [6.45, 7) is 1.72. The van der Waals surface area contributed by atoms with Gasteiger partial charge in [-0.15, -0.1) is 0 Å². The maximum absolute atomic E-state index is 13.5. The summed E-state index contributed by atoms with van der Waals surface area (Å²) in [5.74, 6) is 1.73. The number of aromatic hydroxyl groups is 1. The molecule has 31 heavy (non-hydrogen) atoms. The number of piperidine rings is 1. The van der Waals surface area contributed by atoms with Crippen LogP contribution in [0.4, 0.5) is 5.82 Å². The Bertz CT molecular complexity index is 1270. The highest BCUT2D eigenvalue weighted by molar-refractivity contribution is 5.87. The van der Waals surface area contributed by atoms with Crippen LogP contribution in [0, 0.1) is 0 Å². The van der Waals surface area contributed by atoms with E-state index in [9.17, 15) is 9.90 Å². The normalized spacial score (nSPS) is 16.5. The summed E-state index contributed by atoms with van der Waals surface area (Å²) in [5, 5.41) is 12.8. The van der Waals surface area contributed by atoms with Crippen molar-refractivity contribution < 1.29 is 9.84 Å². The van der Waals surface area contributed by atoms with E-state index in [0.717, 1.165) is 31.4 Å². The fourth-order valence-corrected chi connectivity index (χ4v) is 4.15. The van der Waals surface area contributed by atoms with Crippen molar-refractivity contribution in [3.63, 3.8) is 0 Å². The summed E-state index contributed by atoms with van der Waals surface area (Å²) in [4.78, 5) is 17.7. The highest BCUT2D eigenvalue weighted by Gasteiger charge is 2.24. The van der Waals surface area contributed by atoms with Crippen LogP contribution in [0.15, 0.2) is 65.6 Å². The second-order valence-electron chi connectivity index (χ2n) is 7.64. The second-order valence-corrected chi connectivity index (χ2v) is 7.64. The number of nitrogens with two attached hydrogens (primary N) is 1. The predicted molar refractivity (Wildman–Crippen MR) is 119 cm³/mol. The molecule has 1 saturated heterocycles. The van der Waals surface area contributed by atoms with Gasteiger partial charge in [-0.2, -0.15) is 0 Å². The topological polar surface area (TPSA) is 107 Å². The van der Waals surface area contributed by atoms with Gasteiger partial charge in [0.25, 0.3) is 0 Å². The number of fused-ring (bicyclic) bond motifs is 1. The third-order valence-corrected chi connectivity index (χ3v) is 5.62. The van der Waals surface area contributed by atoms with E-state index in [-0.39, 0.29) is 17.5 Å². The van der Waals surface area contributed by atoms with Gasteiger partial charge >= 0.3 is 5.69 Å². The molecule has 1 aliphatic heterocycles. The number of rotatable bonds is 4. The lowest BCUT2D eigenvalue weighted by molar-refractivity contribution is 0.370. The van der Waals surface area contributed by atoms with Crippen molar-refractivity contribution in [2.24, 2.45) is 0 Å². The van der Waals surface area contributed by atoms with Crippen LogP contribution in [0.3, 0.4) is 0 Å². The van der Waals surface area contributed by atoms with Crippen molar-refractivity contribution in [2.75, 3.05) is 18.8 Å². The Morgan fingerprint density at radius 1 is 1.06 bits per heavy atom. The molecule has 2 aromatic carbocycles. The molecular weight excluding hydrogens is 394 g/mol. The molecular formula is C23H23N5O3. The quantitative estimate of drug-likeness (QED) is 0.471. The molecule has 4 N–H and O–H groups in total. The molecule has 4 aromatic rings. The van der Waals surface area contributed by atoms with E-state index in [1.54, 1.807) is 47.2 Å². The minimum atomic E-state index is -0.129. The first-order valence-electron chi connectivity index (χ1n) is 10.3. The van der Waals surface area contributed by atoms with Crippen molar-refractivity contribution in [1.29, 1.82) is 0 Å². The molecule has 1 aliphatic rings. The van der Waals surface area contributed by atoms with Crippen LogP contribution in [-0.4, -0.2) is 32.3 Å². The van der Waals surface area contributed by atoms with E-state index < -0.39 is 0 Å². The van der Waals surface area contributed by atoms with Crippen molar-refractivity contribution in [3.8, 4) is 22.9 Å². The summed E-state index contributed by atoms with van der Waals surface area (Å²) < 4.78 is 9.27. The number of imidazole rings is 1. The second kappa shape index (κ2) is 7.81. The summed E-state index contributed by atoms with van der Waals surface area (Å²) in [6.07, 6.45) is 3.60. The largest absolute Gasteiger partial charge is 0.508 e. The van der Waals surface area contributed by atoms with Gasteiger partial charge in [0.15, 0.2) is 0 Å². The van der Waals surface area contributed by atoms with Gasteiger partial charge < -0.3 is 20.9 Å². The number of anilines is 1. The molecule has 1 atom stereocenters. The maximum atomic E-state index is 13.5. The molecule has 0 spiro atoms. The third-order valence-electron chi connectivity index (χ3n) is 5.62.